The normalized spacial score (nSPS) is 20.2. The van der Waals surface area contributed by atoms with Crippen LogP contribution in [0.4, 0.5) is 0 Å². The Morgan fingerprint density at radius 1 is 0.833 bits per heavy atom. The van der Waals surface area contributed by atoms with Crippen LogP contribution in [0, 0.1) is 0 Å². The Hall–Kier alpha value is -1.54. The van der Waals surface area contributed by atoms with E-state index in [9.17, 15) is 0 Å². The van der Waals surface area contributed by atoms with E-state index in [1.807, 2.05) is 0 Å². The van der Waals surface area contributed by atoms with E-state index in [1.54, 1.807) is 0 Å². The molecule has 6 N–H and O–H groups in total. The summed E-state index contributed by atoms with van der Waals surface area (Å²) in [7, 11) is 0. The maximum Gasteiger partial charge on any atom is 0.140 e. The van der Waals surface area contributed by atoms with Crippen LogP contribution >= 0.6 is 0 Å². The van der Waals surface area contributed by atoms with Crippen LogP contribution in [0.1, 0.15) is 12.8 Å². The zero-order valence-corrected chi connectivity index (χ0v) is 10.5. The lowest BCUT2D eigenvalue weighted by Gasteiger charge is -2.34. The first-order valence-corrected chi connectivity index (χ1v) is 6.03. The summed E-state index contributed by atoms with van der Waals surface area (Å²) in [6.07, 6.45) is 1.17. The average molecular weight is 258 g/mol. The molecule has 18 heavy (non-hydrogen) atoms. The van der Waals surface area contributed by atoms with Gasteiger partial charge in [0.25, 0.3) is 0 Å². The highest BCUT2D eigenvalue weighted by Crippen LogP contribution is 2.03. The van der Waals surface area contributed by atoms with Gasteiger partial charge in [-0.2, -0.15) is 0 Å². The van der Waals surface area contributed by atoms with Crippen LogP contribution in [-0.2, 0) is 0 Å². The van der Waals surface area contributed by atoms with E-state index in [2.05, 4.69) is 20.1 Å². The molecule has 1 saturated heterocycles. The first-order valence-electron chi connectivity index (χ1n) is 6.03. The SMILES string of the molecule is NC(CCN1CCN(CCC(N)=NO)CC1)=NO. The molecule has 0 amide bonds. The summed E-state index contributed by atoms with van der Waals surface area (Å²) in [5.41, 5.74) is 10.9. The van der Waals surface area contributed by atoms with Crippen molar-refractivity contribution >= 4 is 11.7 Å². The topological polar surface area (TPSA) is 124 Å². The van der Waals surface area contributed by atoms with E-state index in [-0.39, 0.29) is 11.7 Å². The fraction of sp³-hybridized carbons (Fsp3) is 0.800. The van der Waals surface area contributed by atoms with Gasteiger partial charge in [0.2, 0.25) is 0 Å². The Morgan fingerprint density at radius 3 is 1.44 bits per heavy atom. The van der Waals surface area contributed by atoms with Gasteiger partial charge in [0.15, 0.2) is 0 Å². The maximum atomic E-state index is 8.44. The molecule has 104 valence electrons. The standard InChI is InChI=1S/C10H22N6O2/c11-9(13-17)1-3-15-5-7-16(8-6-15)4-2-10(12)14-18/h17-18H,1-8H2,(H2,11,13)(H2,12,14). The summed E-state index contributed by atoms with van der Waals surface area (Å²) in [5.74, 6) is 0.536. The number of oxime groups is 2. The molecule has 0 aromatic heterocycles. The third kappa shape index (κ3) is 5.19. The maximum absolute atomic E-state index is 8.44. The number of hydrogen-bond donors (Lipinski definition) is 4. The molecule has 0 unspecified atom stereocenters. The van der Waals surface area contributed by atoms with E-state index in [0.29, 0.717) is 12.8 Å². The number of nitrogens with two attached hydrogens (primary N) is 2. The second-order valence-corrected chi connectivity index (χ2v) is 4.37. The number of nitrogens with zero attached hydrogens (tertiary/aromatic N) is 4. The van der Waals surface area contributed by atoms with Crippen molar-refractivity contribution in [1.82, 2.24) is 9.80 Å². The summed E-state index contributed by atoms with van der Waals surface area (Å²) in [6.45, 7) is 5.43. The molecule has 1 aliphatic heterocycles. The van der Waals surface area contributed by atoms with Crippen molar-refractivity contribution < 1.29 is 10.4 Å². The molecule has 0 spiro atoms. The number of hydrogen-bond acceptors (Lipinski definition) is 6. The third-order valence-electron chi connectivity index (χ3n) is 3.09. The van der Waals surface area contributed by atoms with Gasteiger partial charge in [-0.05, 0) is 0 Å². The first-order chi connectivity index (χ1) is 8.65. The van der Waals surface area contributed by atoms with Crippen molar-refractivity contribution in [3.05, 3.63) is 0 Å². The number of amidine groups is 2. The first kappa shape index (κ1) is 14.5. The van der Waals surface area contributed by atoms with Gasteiger partial charge in [0.1, 0.15) is 11.7 Å². The summed E-state index contributed by atoms with van der Waals surface area (Å²) in [6, 6.07) is 0. The van der Waals surface area contributed by atoms with Gasteiger partial charge >= 0.3 is 0 Å². The van der Waals surface area contributed by atoms with Gasteiger partial charge in [-0.3, -0.25) is 0 Å². The molecule has 0 aliphatic carbocycles. The van der Waals surface area contributed by atoms with Crippen molar-refractivity contribution in [3.63, 3.8) is 0 Å². The highest BCUT2D eigenvalue weighted by atomic mass is 16.4. The Kier molecular flexibility index (Phi) is 6.23. The van der Waals surface area contributed by atoms with Gasteiger partial charge < -0.3 is 31.7 Å². The van der Waals surface area contributed by atoms with E-state index >= 15 is 0 Å². The van der Waals surface area contributed by atoms with E-state index < -0.39 is 0 Å². The van der Waals surface area contributed by atoms with Crippen molar-refractivity contribution in [2.45, 2.75) is 12.8 Å². The van der Waals surface area contributed by atoms with Crippen LogP contribution in [-0.4, -0.2) is 71.2 Å². The quantitative estimate of drug-likeness (QED) is 0.207. The molecule has 0 saturated carbocycles. The molecule has 0 aromatic rings. The number of rotatable bonds is 6. The van der Waals surface area contributed by atoms with Crippen LogP contribution in [0.3, 0.4) is 0 Å². The molecule has 8 heteroatoms. The lowest BCUT2D eigenvalue weighted by Crippen LogP contribution is -2.47. The Morgan fingerprint density at radius 2 is 1.17 bits per heavy atom. The van der Waals surface area contributed by atoms with E-state index in [1.165, 1.54) is 0 Å². The minimum Gasteiger partial charge on any atom is -0.409 e. The highest BCUT2D eigenvalue weighted by molar-refractivity contribution is 5.80. The van der Waals surface area contributed by atoms with Crippen molar-refractivity contribution in [3.8, 4) is 0 Å². The predicted molar refractivity (Wildman–Crippen MR) is 68.9 cm³/mol. The fourth-order valence-corrected chi connectivity index (χ4v) is 1.88. The predicted octanol–water partition coefficient (Wildman–Crippen LogP) is -1.12. The molecule has 0 bridgehead atoms. The summed E-state index contributed by atoms with van der Waals surface area (Å²) in [5, 5.41) is 22.8. The molecule has 0 aromatic carbocycles. The average Bonchev–Trinajstić information content (AvgIpc) is 2.43. The summed E-state index contributed by atoms with van der Waals surface area (Å²) < 4.78 is 0. The Labute approximate surface area is 107 Å². The van der Waals surface area contributed by atoms with Crippen LogP contribution in [0.2, 0.25) is 0 Å². The highest BCUT2D eigenvalue weighted by Gasteiger charge is 2.16. The minimum atomic E-state index is 0.268. The molecule has 1 aliphatic rings. The zero-order valence-electron chi connectivity index (χ0n) is 10.5. The zero-order chi connectivity index (χ0) is 13.4. The Balaban J connectivity index is 2.16. The van der Waals surface area contributed by atoms with Crippen molar-refractivity contribution in [1.29, 1.82) is 0 Å². The molecule has 0 radical (unpaired) electrons. The van der Waals surface area contributed by atoms with Crippen LogP contribution in [0.15, 0.2) is 10.3 Å². The molecule has 0 atom stereocenters. The molecular formula is C10H22N6O2. The molecule has 1 fully saturated rings. The number of piperazine rings is 1. The molecular weight excluding hydrogens is 236 g/mol. The fourth-order valence-electron chi connectivity index (χ4n) is 1.88. The van der Waals surface area contributed by atoms with Crippen LogP contribution in [0.25, 0.3) is 0 Å². The second kappa shape index (κ2) is 7.72. The van der Waals surface area contributed by atoms with Gasteiger partial charge in [-0.1, -0.05) is 10.3 Å². The van der Waals surface area contributed by atoms with Crippen molar-refractivity contribution in [2.24, 2.45) is 21.8 Å². The summed E-state index contributed by atoms with van der Waals surface area (Å²) >= 11 is 0. The molecule has 1 rings (SSSR count). The molecule has 1 heterocycles. The smallest absolute Gasteiger partial charge is 0.140 e. The van der Waals surface area contributed by atoms with Gasteiger partial charge in [0, 0.05) is 52.1 Å². The van der Waals surface area contributed by atoms with E-state index in [4.69, 9.17) is 21.9 Å². The third-order valence-corrected chi connectivity index (χ3v) is 3.09. The minimum absolute atomic E-state index is 0.268. The van der Waals surface area contributed by atoms with Gasteiger partial charge in [-0.15, -0.1) is 0 Å². The van der Waals surface area contributed by atoms with Crippen LogP contribution < -0.4 is 11.5 Å². The van der Waals surface area contributed by atoms with Gasteiger partial charge in [-0.25, -0.2) is 0 Å². The van der Waals surface area contributed by atoms with Crippen LogP contribution in [0.5, 0.6) is 0 Å². The lowest BCUT2D eigenvalue weighted by atomic mass is 10.2. The van der Waals surface area contributed by atoms with Crippen molar-refractivity contribution in [2.75, 3.05) is 39.3 Å². The monoisotopic (exact) mass is 258 g/mol. The molecule has 8 nitrogen and oxygen atoms in total. The summed E-state index contributed by atoms with van der Waals surface area (Å²) in [4.78, 5) is 4.55. The largest absolute Gasteiger partial charge is 0.409 e. The Bertz CT molecular complexity index is 269. The second-order valence-electron chi connectivity index (χ2n) is 4.37. The lowest BCUT2D eigenvalue weighted by molar-refractivity contribution is 0.137. The van der Waals surface area contributed by atoms with E-state index in [0.717, 1.165) is 39.3 Å². The van der Waals surface area contributed by atoms with Gasteiger partial charge in [0.05, 0.1) is 0 Å².